The van der Waals surface area contributed by atoms with Gasteiger partial charge in [0.25, 0.3) is 0 Å². The minimum absolute atomic E-state index is 0.0249. The Morgan fingerprint density at radius 2 is 2.19 bits per heavy atom. The maximum atomic E-state index is 5.93. The van der Waals surface area contributed by atoms with Gasteiger partial charge in [0.2, 0.25) is 0 Å². The number of methoxy groups -OCH3 is 1. The highest BCUT2D eigenvalue weighted by Crippen LogP contribution is 2.25. The van der Waals surface area contributed by atoms with Crippen LogP contribution >= 0.6 is 0 Å². The number of rotatable bonds is 5. The third-order valence-electron chi connectivity index (χ3n) is 3.47. The molecule has 0 aromatic heterocycles. The van der Waals surface area contributed by atoms with Gasteiger partial charge in [0.15, 0.2) is 0 Å². The number of morpholine rings is 1. The summed E-state index contributed by atoms with van der Waals surface area (Å²) in [5.74, 6) is 0. The molecule has 1 heterocycles. The molecule has 0 aromatic rings. The van der Waals surface area contributed by atoms with E-state index in [2.05, 4.69) is 25.7 Å². The van der Waals surface area contributed by atoms with Gasteiger partial charge in [-0.15, -0.1) is 0 Å². The van der Waals surface area contributed by atoms with Crippen LogP contribution in [0.3, 0.4) is 0 Å². The summed E-state index contributed by atoms with van der Waals surface area (Å²) in [5, 5.41) is 0. The highest BCUT2D eigenvalue weighted by Gasteiger charge is 2.37. The van der Waals surface area contributed by atoms with Crippen molar-refractivity contribution >= 4 is 0 Å². The van der Waals surface area contributed by atoms with Crippen molar-refractivity contribution in [3.63, 3.8) is 0 Å². The Morgan fingerprint density at radius 1 is 1.50 bits per heavy atom. The zero-order chi connectivity index (χ0) is 12.2. The molecule has 1 aliphatic heterocycles. The molecule has 1 rings (SSSR count). The van der Waals surface area contributed by atoms with Crippen LogP contribution in [0.5, 0.6) is 0 Å². The fourth-order valence-electron chi connectivity index (χ4n) is 2.19. The summed E-state index contributed by atoms with van der Waals surface area (Å²) in [4.78, 5) is 2.44. The lowest BCUT2D eigenvalue weighted by Gasteiger charge is -2.47. The molecule has 0 spiro atoms. The predicted octanol–water partition coefficient (Wildman–Crippen LogP) is 0.851. The normalized spacial score (nSPS) is 25.3. The average Bonchev–Trinajstić information content (AvgIpc) is 2.24. The average molecular weight is 230 g/mol. The molecule has 0 aromatic carbocycles. The molecule has 1 atom stereocenters. The summed E-state index contributed by atoms with van der Waals surface area (Å²) in [5.41, 5.74) is 5.89. The summed E-state index contributed by atoms with van der Waals surface area (Å²) in [6.45, 7) is 10.6. The Balaban J connectivity index is 2.64. The monoisotopic (exact) mass is 230 g/mol. The largest absolute Gasteiger partial charge is 0.385 e. The van der Waals surface area contributed by atoms with Crippen LogP contribution in [0, 0.1) is 0 Å². The molecular formula is C12H26N2O2. The molecule has 4 heteroatoms. The van der Waals surface area contributed by atoms with Gasteiger partial charge in [-0.2, -0.15) is 0 Å². The molecule has 96 valence electrons. The van der Waals surface area contributed by atoms with Gasteiger partial charge in [-0.1, -0.05) is 0 Å². The van der Waals surface area contributed by atoms with Crippen molar-refractivity contribution < 1.29 is 9.47 Å². The second-order valence-electron chi connectivity index (χ2n) is 5.47. The standard InChI is InChI=1S/C12H26N2O2/c1-11(2)10-14(6-8-16-11)12(3,9-13)5-7-15-4/h5-10,13H2,1-4H3. The van der Waals surface area contributed by atoms with Gasteiger partial charge in [-0.3, -0.25) is 4.90 Å². The van der Waals surface area contributed by atoms with E-state index in [9.17, 15) is 0 Å². The van der Waals surface area contributed by atoms with E-state index in [4.69, 9.17) is 15.2 Å². The van der Waals surface area contributed by atoms with Crippen LogP contribution in [0.1, 0.15) is 27.2 Å². The van der Waals surface area contributed by atoms with E-state index in [0.717, 1.165) is 32.7 Å². The van der Waals surface area contributed by atoms with Crippen molar-refractivity contribution in [3.05, 3.63) is 0 Å². The van der Waals surface area contributed by atoms with E-state index < -0.39 is 0 Å². The molecule has 1 aliphatic rings. The van der Waals surface area contributed by atoms with Gasteiger partial charge in [-0.25, -0.2) is 0 Å². The van der Waals surface area contributed by atoms with E-state index in [1.165, 1.54) is 0 Å². The third-order valence-corrected chi connectivity index (χ3v) is 3.47. The number of nitrogens with zero attached hydrogens (tertiary/aromatic N) is 1. The van der Waals surface area contributed by atoms with E-state index >= 15 is 0 Å². The van der Waals surface area contributed by atoms with Crippen LogP contribution in [-0.2, 0) is 9.47 Å². The first-order valence-electron chi connectivity index (χ1n) is 6.01. The molecule has 1 unspecified atom stereocenters. The summed E-state index contributed by atoms with van der Waals surface area (Å²) in [7, 11) is 1.74. The molecule has 1 saturated heterocycles. The van der Waals surface area contributed by atoms with Crippen molar-refractivity contribution in [2.24, 2.45) is 5.73 Å². The van der Waals surface area contributed by atoms with Crippen LogP contribution < -0.4 is 5.73 Å². The topological polar surface area (TPSA) is 47.7 Å². The summed E-state index contributed by atoms with van der Waals surface area (Å²) in [6.07, 6.45) is 0.968. The minimum atomic E-state index is -0.0677. The van der Waals surface area contributed by atoms with Gasteiger partial charge < -0.3 is 15.2 Å². The van der Waals surface area contributed by atoms with Crippen molar-refractivity contribution in [1.82, 2.24) is 4.90 Å². The molecule has 1 fully saturated rings. The minimum Gasteiger partial charge on any atom is -0.385 e. The third kappa shape index (κ3) is 3.42. The highest BCUT2D eigenvalue weighted by atomic mass is 16.5. The van der Waals surface area contributed by atoms with Crippen LogP contribution in [0.4, 0.5) is 0 Å². The lowest BCUT2D eigenvalue weighted by Crippen LogP contribution is -2.60. The molecule has 0 saturated carbocycles. The number of hydrogen-bond donors (Lipinski definition) is 1. The Morgan fingerprint density at radius 3 is 2.69 bits per heavy atom. The SMILES string of the molecule is COCCC(C)(CN)N1CCOC(C)(C)C1. The summed E-state index contributed by atoms with van der Waals surface area (Å²) in [6, 6.07) is 0. The Hall–Kier alpha value is -0.160. The predicted molar refractivity (Wildman–Crippen MR) is 65.6 cm³/mol. The van der Waals surface area contributed by atoms with Gasteiger partial charge in [0.05, 0.1) is 12.2 Å². The molecule has 2 N–H and O–H groups in total. The Bertz CT molecular complexity index is 221. The fraction of sp³-hybridized carbons (Fsp3) is 1.00. The molecule has 0 bridgehead atoms. The molecule has 0 aliphatic carbocycles. The first-order valence-corrected chi connectivity index (χ1v) is 6.01. The molecular weight excluding hydrogens is 204 g/mol. The lowest BCUT2D eigenvalue weighted by atomic mass is 9.93. The van der Waals surface area contributed by atoms with Crippen molar-refractivity contribution in [3.8, 4) is 0 Å². The van der Waals surface area contributed by atoms with E-state index in [1.807, 2.05) is 0 Å². The van der Waals surface area contributed by atoms with Crippen molar-refractivity contribution in [1.29, 1.82) is 0 Å². The molecule has 0 radical (unpaired) electrons. The van der Waals surface area contributed by atoms with Crippen LogP contribution in [0.25, 0.3) is 0 Å². The quantitative estimate of drug-likeness (QED) is 0.760. The second-order valence-corrected chi connectivity index (χ2v) is 5.47. The van der Waals surface area contributed by atoms with Crippen molar-refractivity contribution in [2.75, 3.05) is 40.0 Å². The first kappa shape index (κ1) is 13.9. The zero-order valence-corrected chi connectivity index (χ0v) is 11.1. The number of nitrogens with two attached hydrogens (primary N) is 1. The molecule has 4 nitrogen and oxygen atoms in total. The number of hydrogen-bond acceptors (Lipinski definition) is 4. The lowest BCUT2D eigenvalue weighted by molar-refractivity contribution is -0.115. The highest BCUT2D eigenvalue weighted by molar-refractivity contribution is 4.92. The van der Waals surface area contributed by atoms with Gasteiger partial charge >= 0.3 is 0 Å². The second kappa shape index (κ2) is 5.45. The summed E-state index contributed by atoms with van der Waals surface area (Å²) >= 11 is 0. The first-order chi connectivity index (χ1) is 7.43. The zero-order valence-electron chi connectivity index (χ0n) is 11.1. The maximum absolute atomic E-state index is 5.93. The van der Waals surface area contributed by atoms with Gasteiger partial charge in [0.1, 0.15) is 0 Å². The van der Waals surface area contributed by atoms with Crippen LogP contribution in [0.15, 0.2) is 0 Å². The van der Waals surface area contributed by atoms with Crippen LogP contribution in [0.2, 0.25) is 0 Å². The maximum Gasteiger partial charge on any atom is 0.0753 e. The number of ether oxygens (including phenoxy) is 2. The van der Waals surface area contributed by atoms with Gasteiger partial charge in [0, 0.05) is 38.9 Å². The van der Waals surface area contributed by atoms with E-state index in [1.54, 1.807) is 7.11 Å². The molecule has 0 amide bonds. The molecule has 16 heavy (non-hydrogen) atoms. The Kier molecular flexibility index (Phi) is 4.73. The van der Waals surface area contributed by atoms with Crippen molar-refractivity contribution in [2.45, 2.75) is 38.3 Å². The van der Waals surface area contributed by atoms with E-state index in [-0.39, 0.29) is 11.1 Å². The summed E-state index contributed by atoms with van der Waals surface area (Å²) < 4.78 is 10.9. The van der Waals surface area contributed by atoms with E-state index in [0.29, 0.717) is 6.54 Å². The van der Waals surface area contributed by atoms with Crippen LogP contribution in [-0.4, -0.2) is 56.0 Å². The fourth-order valence-corrected chi connectivity index (χ4v) is 2.19. The smallest absolute Gasteiger partial charge is 0.0753 e. The van der Waals surface area contributed by atoms with Gasteiger partial charge in [-0.05, 0) is 27.2 Å². The Labute approximate surface area is 99.1 Å².